The van der Waals surface area contributed by atoms with Crippen molar-refractivity contribution >= 4 is 97.5 Å². The van der Waals surface area contributed by atoms with Crippen LogP contribution in [0.1, 0.15) is 103 Å². The molecule has 0 N–H and O–H groups in total. The fraction of sp³-hybridized carbons (Fsp3) is 0.258. The van der Waals surface area contributed by atoms with E-state index in [0.717, 1.165) is 63.8 Å². The van der Waals surface area contributed by atoms with Crippen LogP contribution in [0.4, 0.5) is 51.3 Å². The third-order valence-corrected chi connectivity index (χ3v) is 17.6. The molecule has 0 fully saturated rings. The first-order valence-corrected chi connectivity index (χ1v) is 25.5. The predicted octanol–water partition coefficient (Wildman–Crippen LogP) is 11.7. The zero-order valence-electron chi connectivity index (χ0n) is 41.6. The smallest absolute Gasteiger partial charge is 0.258 e. The Kier molecular flexibility index (Phi) is 8.54. The van der Waals surface area contributed by atoms with E-state index < -0.39 is 0 Å². The maximum atomic E-state index is 6.79. The van der Waals surface area contributed by atoms with E-state index in [1.54, 1.807) is 0 Å². The molecule has 0 unspecified atom stereocenters. The summed E-state index contributed by atoms with van der Waals surface area (Å²) >= 11 is 0. The molecule has 8 aromatic rings. The second kappa shape index (κ2) is 14.3. The first-order chi connectivity index (χ1) is 33.7. The molecule has 70 heavy (non-hydrogen) atoms. The molecule has 0 atom stereocenters. The van der Waals surface area contributed by atoms with Gasteiger partial charge in [-0.1, -0.05) is 128 Å². The number of fused-ring (bicyclic) bond motifs is 10. The Morgan fingerprint density at radius 2 is 0.914 bits per heavy atom. The highest BCUT2D eigenvalue weighted by atomic mass is 16.5. The van der Waals surface area contributed by atoms with Crippen LogP contribution in [0.25, 0.3) is 0 Å². The minimum atomic E-state index is -0.108. The van der Waals surface area contributed by atoms with Gasteiger partial charge in [-0.3, -0.25) is 4.90 Å². The van der Waals surface area contributed by atoms with Crippen LogP contribution in [-0.4, -0.2) is 23.4 Å². The van der Waals surface area contributed by atoms with Gasteiger partial charge in [0.1, 0.15) is 11.6 Å². The normalized spacial score (nSPS) is 18.5. The van der Waals surface area contributed by atoms with Gasteiger partial charge in [0.2, 0.25) is 5.88 Å². The van der Waals surface area contributed by atoms with Crippen molar-refractivity contribution in [3.63, 3.8) is 0 Å². The van der Waals surface area contributed by atoms with Crippen LogP contribution in [-0.2, 0) is 21.7 Å². The quantitative estimate of drug-likeness (QED) is 0.165. The number of rotatable bonds is 3. The van der Waals surface area contributed by atoms with Crippen LogP contribution in [0.2, 0.25) is 0 Å². The van der Waals surface area contributed by atoms with Crippen LogP contribution in [0, 0.1) is 0 Å². The lowest BCUT2D eigenvalue weighted by Gasteiger charge is -2.46. The number of nitrogens with zero attached hydrogens (tertiary/aromatic N) is 5. The largest absolute Gasteiger partial charge is 0.440 e. The number of hydrogen-bond donors (Lipinski definition) is 0. The van der Waals surface area contributed by atoms with Gasteiger partial charge in [0.05, 0.1) is 0 Å². The third kappa shape index (κ3) is 5.76. The molecule has 14 rings (SSSR count). The van der Waals surface area contributed by atoms with Crippen molar-refractivity contribution in [1.82, 2.24) is 9.97 Å². The number of anilines is 9. The Hall–Kier alpha value is -7.05. The second-order valence-corrected chi connectivity index (χ2v) is 23.5. The van der Waals surface area contributed by atoms with Crippen LogP contribution >= 0.6 is 0 Å². The third-order valence-electron chi connectivity index (χ3n) is 17.6. The van der Waals surface area contributed by atoms with E-state index in [9.17, 15) is 0 Å². The molecule has 0 saturated heterocycles. The molecule has 0 amide bonds. The summed E-state index contributed by atoms with van der Waals surface area (Å²) < 4.78 is 6.79. The highest BCUT2D eigenvalue weighted by molar-refractivity contribution is 7.02. The monoisotopic (exact) mass is 909 g/mol. The predicted molar refractivity (Wildman–Crippen MR) is 292 cm³/mol. The Labute approximate surface area is 413 Å². The molecule has 0 saturated carbocycles. The summed E-state index contributed by atoms with van der Waals surface area (Å²) in [7, 11) is 0. The van der Waals surface area contributed by atoms with E-state index in [1.807, 2.05) is 12.4 Å². The minimum absolute atomic E-state index is 0.0239. The van der Waals surface area contributed by atoms with Gasteiger partial charge in [-0.2, -0.15) is 0 Å². The van der Waals surface area contributed by atoms with Gasteiger partial charge >= 0.3 is 0 Å². The number of pyridine rings is 2. The van der Waals surface area contributed by atoms with E-state index >= 15 is 0 Å². The summed E-state index contributed by atoms with van der Waals surface area (Å²) in [5, 5.41) is 0. The number of para-hydroxylation sites is 3. The van der Waals surface area contributed by atoms with Crippen LogP contribution in [0.15, 0.2) is 152 Å². The Balaban J connectivity index is 1.09. The standard InChI is InChI=1S/C62H57B2N5O/c1-59(2)28-30-61(5,6)43-34-39(22-24-41(43)59)67-50-26-32-65-57-55(50)63(45-18-12-14-20-49(45)69(57)38-16-10-9-11-17-38)47-36-48-53(37-52(47)67)68(40-23-25-42-44(35-40)62(7,8)31-29-60(42,3)4)51-27-33-66-58-56(51)64(48)46-19-13-15-21-54(46)70-58/h9-27,32-37H,28-31H2,1-8H3. The molecule has 0 spiro atoms. The summed E-state index contributed by atoms with van der Waals surface area (Å²) in [5.74, 6) is 2.50. The van der Waals surface area contributed by atoms with Crippen LogP contribution in [0.3, 0.4) is 0 Å². The second-order valence-electron chi connectivity index (χ2n) is 23.5. The van der Waals surface area contributed by atoms with Crippen molar-refractivity contribution in [2.24, 2.45) is 0 Å². The van der Waals surface area contributed by atoms with Gasteiger partial charge < -0.3 is 14.5 Å². The van der Waals surface area contributed by atoms with Crippen molar-refractivity contribution in [3.8, 4) is 11.6 Å². The number of aromatic nitrogens is 2. The zero-order chi connectivity index (χ0) is 47.6. The Morgan fingerprint density at radius 1 is 0.400 bits per heavy atom. The highest BCUT2D eigenvalue weighted by Gasteiger charge is 2.49. The van der Waals surface area contributed by atoms with E-state index in [0.29, 0.717) is 5.88 Å². The highest BCUT2D eigenvalue weighted by Crippen LogP contribution is 2.52. The summed E-state index contributed by atoms with van der Waals surface area (Å²) in [6.45, 7) is 19.2. The first-order valence-electron chi connectivity index (χ1n) is 25.5. The zero-order valence-corrected chi connectivity index (χ0v) is 41.6. The van der Waals surface area contributed by atoms with E-state index in [2.05, 4.69) is 210 Å². The van der Waals surface area contributed by atoms with Crippen molar-refractivity contribution in [2.75, 3.05) is 14.7 Å². The topological polar surface area (TPSA) is 44.7 Å². The molecule has 6 heterocycles. The summed E-state index contributed by atoms with van der Waals surface area (Å²) in [5.41, 5.74) is 22.5. The SMILES string of the molecule is CC1(C)CCC(C)(C)c2cc(N3c4cc5c(cc4B4c6ccccc6Oc6nccc3c64)B3c4ccccc4N(c4ccccc4)c4nccc(c43)N5c3ccc4c(c3)C(C)(C)CCC4(C)C)ccc21. The van der Waals surface area contributed by atoms with Crippen molar-refractivity contribution < 1.29 is 4.74 Å². The molecule has 8 heteroatoms. The van der Waals surface area contributed by atoms with Gasteiger partial charge in [-0.15, -0.1) is 0 Å². The molecule has 4 aliphatic heterocycles. The van der Waals surface area contributed by atoms with E-state index in [-0.39, 0.29) is 35.1 Å². The average molecular weight is 910 g/mol. The molecule has 6 nitrogen and oxygen atoms in total. The number of ether oxygens (including phenoxy) is 1. The van der Waals surface area contributed by atoms with Crippen molar-refractivity contribution in [2.45, 2.75) is 103 Å². The van der Waals surface area contributed by atoms with Crippen LogP contribution in [0.5, 0.6) is 11.6 Å². The molecular formula is C62H57B2N5O. The Morgan fingerprint density at radius 3 is 1.54 bits per heavy atom. The van der Waals surface area contributed by atoms with Crippen molar-refractivity contribution in [3.05, 3.63) is 174 Å². The maximum absolute atomic E-state index is 6.79. The Bertz CT molecular complexity index is 3540. The molecule has 2 aliphatic carbocycles. The number of hydrogen-bond acceptors (Lipinski definition) is 6. The molecule has 0 bridgehead atoms. The molecule has 6 aliphatic rings. The lowest BCUT2D eigenvalue weighted by Crippen LogP contribution is -2.64. The summed E-state index contributed by atoms with van der Waals surface area (Å²) in [6, 6.07) is 52.7. The first kappa shape index (κ1) is 41.9. The van der Waals surface area contributed by atoms with Gasteiger partial charge in [-0.05, 0) is 164 Å². The summed E-state index contributed by atoms with van der Waals surface area (Å²) in [6.07, 6.45) is 8.58. The van der Waals surface area contributed by atoms with Gasteiger partial charge in [-0.25, -0.2) is 9.97 Å². The minimum Gasteiger partial charge on any atom is -0.440 e. The fourth-order valence-electron chi connectivity index (χ4n) is 13.6. The van der Waals surface area contributed by atoms with Gasteiger partial charge in [0, 0.05) is 63.4 Å². The molecule has 342 valence electrons. The fourth-order valence-corrected chi connectivity index (χ4v) is 13.6. The lowest BCUT2D eigenvalue weighted by molar-refractivity contribution is 0.332. The molecular weight excluding hydrogens is 852 g/mol. The number of benzene rings is 6. The molecule has 6 aromatic carbocycles. The molecule has 0 radical (unpaired) electrons. The van der Waals surface area contributed by atoms with Crippen LogP contribution < -0.4 is 52.2 Å². The van der Waals surface area contributed by atoms with Gasteiger partial charge in [0.25, 0.3) is 13.4 Å². The summed E-state index contributed by atoms with van der Waals surface area (Å²) in [4.78, 5) is 17.9. The maximum Gasteiger partial charge on any atom is 0.258 e. The molecule has 2 aromatic heterocycles. The lowest BCUT2D eigenvalue weighted by atomic mass is 9.31. The van der Waals surface area contributed by atoms with E-state index in [4.69, 9.17) is 14.7 Å². The van der Waals surface area contributed by atoms with Gasteiger partial charge in [0.15, 0.2) is 0 Å². The average Bonchev–Trinajstić information content (AvgIpc) is 3.36. The van der Waals surface area contributed by atoms with Crippen molar-refractivity contribution in [1.29, 1.82) is 0 Å². The van der Waals surface area contributed by atoms with E-state index in [1.165, 1.54) is 74.0 Å².